The lowest BCUT2D eigenvalue weighted by molar-refractivity contribution is -0.173. The Hall–Kier alpha value is -1.61. The molecular weight excluding hydrogens is 382 g/mol. The van der Waals surface area contributed by atoms with Crippen LogP contribution in [-0.4, -0.2) is 32.6 Å². The van der Waals surface area contributed by atoms with Gasteiger partial charge in [0.05, 0.1) is 5.41 Å². The number of hydrogen-bond donors (Lipinski definition) is 1. The highest BCUT2D eigenvalue weighted by Gasteiger charge is 2.62. The zero-order valence-corrected chi connectivity index (χ0v) is 22.4. The number of hydrogen-bond acceptors (Lipinski definition) is 2. The van der Waals surface area contributed by atoms with Gasteiger partial charge in [-0.25, -0.2) is 0 Å². The third-order valence-electron chi connectivity index (χ3n) is 8.25. The number of carbonyl (C=O) groups is 1. The standard InChI is InChI=1S/C25H39NO2.C3H8/c1-17-19(18-15-13-12-14-16-18)21(2,3)24(8,9)26(23(17,6)7)25(10,11)22(4,5)20(27)28;1-3-2/h12-16H,1-11H3,(H,27,28);3H2,1-2H3. The van der Waals surface area contributed by atoms with E-state index in [0.29, 0.717) is 0 Å². The SMILES string of the molecule is CC1=C(c2ccccc2)C(C)(C)C(C)(C)N(C(C)(C)C(C)(C)C(=O)O)C1(C)C.CCC. The van der Waals surface area contributed by atoms with Crippen molar-refractivity contribution in [1.82, 2.24) is 4.90 Å². The van der Waals surface area contributed by atoms with Crippen LogP contribution in [0.5, 0.6) is 0 Å². The minimum atomic E-state index is -0.915. The Labute approximate surface area is 191 Å². The molecule has 2 rings (SSSR count). The lowest BCUT2D eigenvalue weighted by atomic mass is 9.56. The first-order valence-corrected chi connectivity index (χ1v) is 11.7. The van der Waals surface area contributed by atoms with Crippen LogP contribution in [0, 0.1) is 10.8 Å². The first-order chi connectivity index (χ1) is 13.9. The second-order valence-corrected chi connectivity index (χ2v) is 11.6. The van der Waals surface area contributed by atoms with Crippen LogP contribution in [0.3, 0.4) is 0 Å². The molecule has 0 aromatic heterocycles. The van der Waals surface area contributed by atoms with Gasteiger partial charge in [0, 0.05) is 22.0 Å². The van der Waals surface area contributed by atoms with E-state index >= 15 is 0 Å². The first kappa shape index (κ1) is 27.4. The summed E-state index contributed by atoms with van der Waals surface area (Å²) in [5.41, 5.74) is 1.66. The van der Waals surface area contributed by atoms with E-state index in [2.05, 4.69) is 111 Å². The van der Waals surface area contributed by atoms with E-state index in [0.717, 1.165) is 0 Å². The zero-order valence-electron chi connectivity index (χ0n) is 22.4. The van der Waals surface area contributed by atoms with Gasteiger partial charge in [-0.2, -0.15) is 0 Å². The first-order valence-electron chi connectivity index (χ1n) is 11.7. The lowest BCUT2D eigenvalue weighted by Gasteiger charge is -2.68. The molecule has 31 heavy (non-hydrogen) atoms. The van der Waals surface area contributed by atoms with Crippen LogP contribution < -0.4 is 0 Å². The molecule has 0 amide bonds. The summed E-state index contributed by atoms with van der Waals surface area (Å²) in [5, 5.41) is 10.0. The monoisotopic (exact) mass is 429 g/mol. The van der Waals surface area contributed by atoms with E-state index < -0.39 is 16.9 Å². The molecule has 0 aliphatic carbocycles. The van der Waals surface area contributed by atoms with Crippen LogP contribution >= 0.6 is 0 Å². The van der Waals surface area contributed by atoms with Gasteiger partial charge >= 0.3 is 5.97 Å². The summed E-state index contributed by atoms with van der Waals surface area (Å²) >= 11 is 0. The molecule has 1 aliphatic rings. The molecule has 0 atom stereocenters. The summed E-state index contributed by atoms with van der Waals surface area (Å²) in [5.74, 6) is -0.766. The molecule has 3 heteroatoms. The van der Waals surface area contributed by atoms with Gasteiger partial charge in [-0.05, 0) is 79.0 Å². The third kappa shape index (κ3) is 4.23. The predicted molar refractivity (Wildman–Crippen MR) is 134 cm³/mol. The molecule has 0 spiro atoms. The minimum Gasteiger partial charge on any atom is -0.481 e. The van der Waals surface area contributed by atoms with Crippen molar-refractivity contribution in [2.45, 2.75) is 113 Å². The molecular formula is C28H47NO2. The van der Waals surface area contributed by atoms with Gasteiger partial charge in [0.15, 0.2) is 0 Å². The summed E-state index contributed by atoms with van der Waals surface area (Å²) in [4.78, 5) is 14.7. The van der Waals surface area contributed by atoms with Crippen molar-refractivity contribution >= 4 is 11.5 Å². The van der Waals surface area contributed by atoms with Crippen molar-refractivity contribution in [2.75, 3.05) is 0 Å². The maximum absolute atomic E-state index is 12.2. The molecule has 1 N–H and O–H groups in total. The van der Waals surface area contributed by atoms with Gasteiger partial charge in [-0.3, -0.25) is 9.69 Å². The van der Waals surface area contributed by atoms with Crippen molar-refractivity contribution in [3.05, 3.63) is 41.5 Å². The van der Waals surface area contributed by atoms with Crippen molar-refractivity contribution in [1.29, 1.82) is 0 Å². The Morgan fingerprint density at radius 3 is 1.74 bits per heavy atom. The smallest absolute Gasteiger partial charge is 0.310 e. The van der Waals surface area contributed by atoms with Crippen LogP contribution in [0.15, 0.2) is 35.9 Å². The third-order valence-corrected chi connectivity index (χ3v) is 8.25. The Kier molecular flexibility index (Phi) is 7.72. The van der Waals surface area contributed by atoms with E-state index in [9.17, 15) is 9.90 Å². The van der Waals surface area contributed by atoms with Crippen molar-refractivity contribution < 1.29 is 9.90 Å². The topological polar surface area (TPSA) is 40.5 Å². The number of rotatable bonds is 4. The van der Waals surface area contributed by atoms with Gasteiger partial charge in [0.1, 0.15) is 0 Å². The molecule has 0 saturated carbocycles. The fourth-order valence-electron chi connectivity index (χ4n) is 5.35. The van der Waals surface area contributed by atoms with Gasteiger partial charge in [0.2, 0.25) is 0 Å². The van der Waals surface area contributed by atoms with E-state index in [1.165, 1.54) is 23.1 Å². The van der Waals surface area contributed by atoms with Crippen LogP contribution in [-0.2, 0) is 4.79 Å². The number of carboxylic acids is 1. The van der Waals surface area contributed by atoms with Crippen LogP contribution in [0.1, 0.15) is 102 Å². The van der Waals surface area contributed by atoms with Gasteiger partial charge in [0.25, 0.3) is 0 Å². The molecule has 176 valence electrons. The summed E-state index contributed by atoms with van der Waals surface area (Å²) in [6.45, 7) is 27.9. The maximum Gasteiger partial charge on any atom is 0.310 e. The summed E-state index contributed by atoms with van der Waals surface area (Å²) in [7, 11) is 0. The number of carboxylic acid groups (broad SMARTS) is 1. The van der Waals surface area contributed by atoms with Gasteiger partial charge in [-0.1, -0.05) is 64.4 Å². The minimum absolute atomic E-state index is 0.181. The fraction of sp³-hybridized carbons (Fsp3) is 0.679. The molecule has 1 aromatic carbocycles. The summed E-state index contributed by atoms with van der Waals surface area (Å²) in [6, 6.07) is 10.6. The average Bonchev–Trinajstić information content (AvgIpc) is 2.61. The van der Waals surface area contributed by atoms with Crippen LogP contribution in [0.2, 0.25) is 0 Å². The Morgan fingerprint density at radius 1 is 0.935 bits per heavy atom. The number of nitrogens with zero attached hydrogens (tertiary/aromatic N) is 1. The van der Waals surface area contributed by atoms with E-state index in [1.807, 2.05) is 13.8 Å². The second-order valence-electron chi connectivity index (χ2n) is 11.6. The maximum atomic E-state index is 12.2. The quantitative estimate of drug-likeness (QED) is 0.534. The zero-order chi connectivity index (χ0) is 24.6. The predicted octanol–water partition coefficient (Wildman–Crippen LogP) is 7.66. The molecule has 0 fully saturated rings. The van der Waals surface area contributed by atoms with Crippen molar-refractivity contribution in [3.63, 3.8) is 0 Å². The fourth-order valence-corrected chi connectivity index (χ4v) is 5.35. The average molecular weight is 430 g/mol. The number of benzene rings is 1. The van der Waals surface area contributed by atoms with E-state index in [-0.39, 0.29) is 16.5 Å². The van der Waals surface area contributed by atoms with Crippen LogP contribution in [0.4, 0.5) is 0 Å². The molecule has 3 nitrogen and oxygen atoms in total. The van der Waals surface area contributed by atoms with Gasteiger partial charge in [-0.15, -0.1) is 0 Å². The molecule has 1 aromatic rings. The van der Waals surface area contributed by atoms with E-state index in [4.69, 9.17) is 0 Å². The van der Waals surface area contributed by atoms with Gasteiger partial charge < -0.3 is 5.11 Å². The molecule has 0 radical (unpaired) electrons. The normalized spacial score (nSPS) is 20.7. The Morgan fingerprint density at radius 2 is 1.35 bits per heavy atom. The highest BCUT2D eigenvalue weighted by atomic mass is 16.4. The number of aliphatic carboxylic acids is 1. The highest BCUT2D eigenvalue weighted by Crippen LogP contribution is 2.59. The van der Waals surface area contributed by atoms with Crippen molar-refractivity contribution in [3.8, 4) is 0 Å². The molecule has 0 unspecified atom stereocenters. The molecule has 0 bridgehead atoms. The van der Waals surface area contributed by atoms with Crippen molar-refractivity contribution in [2.24, 2.45) is 10.8 Å². The molecule has 1 heterocycles. The van der Waals surface area contributed by atoms with Crippen LogP contribution in [0.25, 0.3) is 5.57 Å². The summed E-state index contributed by atoms with van der Waals surface area (Å²) in [6.07, 6.45) is 1.25. The highest BCUT2D eigenvalue weighted by molar-refractivity contribution is 5.78. The Bertz CT molecular complexity index is 811. The second kappa shape index (κ2) is 8.73. The summed E-state index contributed by atoms with van der Waals surface area (Å²) < 4.78 is 0. The Balaban J connectivity index is 0.00000151. The van der Waals surface area contributed by atoms with E-state index in [1.54, 1.807) is 0 Å². The molecule has 1 aliphatic heterocycles. The largest absolute Gasteiger partial charge is 0.481 e. The molecule has 0 saturated heterocycles. The lowest BCUT2D eigenvalue weighted by Crippen LogP contribution is -2.75.